The quantitative estimate of drug-likeness (QED) is 0.907. The van der Waals surface area contributed by atoms with Crippen molar-refractivity contribution >= 4 is 0 Å². The topological polar surface area (TPSA) is 33.1 Å². The molecule has 1 fully saturated rings. The lowest BCUT2D eigenvalue weighted by Gasteiger charge is -2.31. The fourth-order valence-corrected chi connectivity index (χ4v) is 2.60. The Balaban J connectivity index is 1.66. The van der Waals surface area contributed by atoms with Gasteiger partial charge in [0, 0.05) is 50.3 Å². The summed E-state index contributed by atoms with van der Waals surface area (Å²) in [5, 5.41) is 3.47. The number of nitrogens with one attached hydrogen (secondary N) is 1. The van der Waals surface area contributed by atoms with Crippen molar-refractivity contribution in [1.82, 2.24) is 19.8 Å². The zero-order valence-corrected chi connectivity index (χ0v) is 11.3. The maximum absolute atomic E-state index is 4.07. The van der Waals surface area contributed by atoms with Crippen LogP contribution in [0.4, 0.5) is 0 Å². The van der Waals surface area contributed by atoms with E-state index in [1.54, 1.807) is 6.20 Å². The van der Waals surface area contributed by atoms with Gasteiger partial charge in [0.1, 0.15) is 0 Å². The molecule has 4 nitrogen and oxygen atoms in total. The zero-order valence-electron chi connectivity index (χ0n) is 11.3. The SMILES string of the molecule is C[C@@H]1CN(Cc2ccc(-n3ccnc3)cc2)CCN1. The number of nitrogens with zero attached hydrogens (tertiary/aromatic N) is 3. The lowest BCUT2D eigenvalue weighted by atomic mass is 10.1. The highest BCUT2D eigenvalue weighted by Gasteiger charge is 2.15. The first-order chi connectivity index (χ1) is 9.31. The predicted octanol–water partition coefficient (Wildman–Crippen LogP) is 1.67. The molecule has 3 rings (SSSR count). The molecule has 0 amide bonds. The lowest BCUT2D eigenvalue weighted by Crippen LogP contribution is -2.48. The van der Waals surface area contributed by atoms with Gasteiger partial charge in [0.2, 0.25) is 0 Å². The van der Waals surface area contributed by atoms with Crippen molar-refractivity contribution in [3.8, 4) is 5.69 Å². The maximum Gasteiger partial charge on any atom is 0.0991 e. The van der Waals surface area contributed by atoms with Crippen molar-refractivity contribution in [2.24, 2.45) is 0 Å². The van der Waals surface area contributed by atoms with Gasteiger partial charge in [-0.15, -0.1) is 0 Å². The summed E-state index contributed by atoms with van der Waals surface area (Å²) in [6.45, 7) is 6.63. The molecule has 1 aliphatic rings. The van der Waals surface area contributed by atoms with E-state index in [0.29, 0.717) is 6.04 Å². The van der Waals surface area contributed by atoms with Crippen molar-refractivity contribution in [1.29, 1.82) is 0 Å². The Kier molecular flexibility index (Phi) is 3.62. The smallest absolute Gasteiger partial charge is 0.0991 e. The van der Waals surface area contributed by atoms with Gasteiger partial charge in [0.15, 0.2) is 0 Å². The molecule has 2 aromatic rings. The Hall–Kier alpha value is -1.65. The first-order valence-electron chi connectivity index (χ1n) is 6.84. The third-order valence-electron chi connectivity index (χ3n) is 3.60. The number of hydrogen-bond donors (Lipinski definition) is 1. The Morgan fingerprint density at radius 3 is 2.84 bits per heavy atom. The van der Waals surface area contributed by atoms with Crippen LogP contribution in [0.2, 0.25) is 0 Å². The Labute approximate surface area is 114 Å². The summed E-state index contributed by atoms with van der Waals surface area (Å²) in [5.74, 6) is 0. The third kappa shape index (κ3) is 3.03. The fraction of sp³-hybridized carbons (Fsp3) is 0.400. The van der Waals surface area contributed by atoms with E-state index in [4.69, 9.17) is 0 Å². The number of benzene rings is 1. The summed E-state index contributed by atoms with van der Waals surface area (Å²) in [4.78, 5) is 6.58. The van der Waals surface area contributed by atoms with E-state index >= 15 is 0 Å². The lowest BCUT2D eigenvalue weighted by molar-refractivity contribution is 0.199. The maximum atomic E-state index is 4.07. The molecular formula is C15H20N4. The molecule has 2 heterocycles. The molecule has 1 aliphatic heterocycles. The number of hydrogen-bond acceptors (Lipinski definition) is 3. The van der Waals surface area contributed by atoms with E-state index in [1.165, 1.54) is 5.56 Å². The number of piperazine rings is 1. The summed E-state index contributed by atoms with van der Waals surface area (Å²) < 4.78 is 2.02. The predicted molar refractivity (Wildman–Crippen MR) is 76.3 cm³/mol. The van der Waals surface area contributed by atoms with Crippen LogP contribution in [0.1, 0.15) is 12.5 Å². The summed E-state index contributed by atoms with van der Waals surface area (Å²) in [5.41, 5.74) is 2.54. The van der Waals surface area contributed by atoms with E-state index in [-0.39, 0.29) is 0 Å². The standard InChI is InChI=1S/C15H20N4/c1-13-10-18(8-7-17-13)11-14-2-4-15(5-3-14)19-9-6-16-12-19/h2-6,9,12-13,17H,7-8,10-11H2,1H3/t13-/m1/s1. The van der Waals surface area contributed by atoms with Crippen LogP contribution in [0.15, 0.2) is 43.0 Å². The number of imidazole rings is 1. The second-order valence-corrected chi connectivity index (χ2v) is 5.23. The molecule has 100 valence electrons. The molecule has 0 aliphatic carbocycles. The minimum absolute atomic E-state index is 0.596. The van der Waals surface area contributed by atoms with E-state index in [0.717, 1.165) is 31.9 Å². The molecule has 19 heavy (non-hydrogen) atoms. The second kappa shape index (κ2) is 5.55. The Bertz CT molecular complexity index is 503. The summed E-state index contributed by atoms with van der Waals surface area (Å²) >= 11 is 0. The molecule has 1 aromatic carbocycles. The van der Waals surface area contributed by atoms with Crippen molar-refractivity contribution in [2.75, 3.05) is 19.6 Å². The summed E-state index contributed by atoms with van der Waals surface area (Å²) in [7, 11) is 0. The molecule has 0 saturated carbocycles. The average Bonchev–Trinajstić information content (AvgIpc) is 2.94. The Morgan fingerprint density at radius 1 is 1.32 bits per heavy atom. The first kappa shape index (κ1) is 12.4. The van der Waals surface area contributed by atoms with Crippen LogP contribution in [-0.2, 0) is 6.54 Å². The van der Waals surface area contributed by atoms with Crippen LogP contribution in [-0.4, -0.2) is 40.1 Å². The summed E-state index contributed by atoms with van der Waals surface area (Å²) in [6.07, 6.45) is 5.59. The van der Waals surface area contributed by atoms with E-state index in [9.17, 15) is 0 Å². The Morgan fingerprint density at radius 2 is 2.16 bits per heavy atom. The molecule has 1 atom stereocenters. The normalized spacial score (nSPS) is 20.6. The fourth-order valence-electron chi connectivity index (χ4n) is 2.60. The minimum Gasteiger partial charge on any atom is -0.312 e. The van der Waals surface area contributed by atoms with E-state index in [1.807, 2.05) is 17.1 Å². The van der Waals surface area contributed by atoms with Crippen LogP contribution in [0.3, 0.4) is 0 Å². The highest BCUT2D eigenvalue weighted by molar-refractivity contribution is 5.34. The van der Waals surface area contributed by atoms with Crippen molar-refractivity contribution in [2.45, 2.75) is 19.5 Å². The van der Waals surface area contributed by atoms with Crippen LogP contribution in [0.5, 0.6) is 0 Å². The number of rotatable bonds is 3. The summed E-state index contributed by atoms with van der Waals surface area (Å²) in [6, 6.07) is 9.33. The highest BCUT2D eigenvalue weighted by atomic mass is 15.2. The van der Waals surface area contributed by atoms with Gasteiger partial charge in [0.25, 0.3) is 0 Å². The van der Waals surface area contributed by atoms with Gasteiger partial charge in [-0.05, 0) is 24.6 Å². The largest absolute Gasteiger partial charge is 0.312 e. The van der Waals surface area contributed by atoms with Crippen LogP contribution < -0.4 is 5.32 Å². The molecule has 0 unspecified atom stereocenters. The van der Waals surface area contributed by atoms with Gasteiger partial charge in [-0.1, -0.05) is 12.1 Å². The van der Waals surface area contributed by atoms with Gasteiger partial charge < -0.3 is 9.88 Å². The van der Waals surface area contributed by atoms with Crippen LogP contribution in [0.25, 0.3) is 5.69 Å². The van der Waals surface area contributed by atoms with Gasteiger partial charge in [-0.2, -0.15) is 0 Å². The van der Waals surface area contributed by atoms with Crippen molar-refractivity contribution in [3.63, 3.8) is 0 Å². The van der Waals surface area contributed by atoms with Gasteiger partial charge in [0.05, 0.1) is 6.33 Å². The average molecular weight is 256 g/mol. The van der Waals surface area contributed by atoms with Crippen molar-refractivity contribution < 1.29 is 0 Å². The number of aromatic nitrogens is 2. The first-order valence-corrected chi connectivity index (χ1v) is 6.84. The van der Waals surface area contributed by atoms with Gasteiger partial charge in [-0.25, -0.2) is 4.98 Å². The van der Waals surface area contributed by atoms with E-state index < -0.39 is 0 Å². The molecular weight excluding hydrogens is 236 g/mol. The van der Waals surface area contributed by atoms with Crippen LogP contribution >= 0.6 is 0 Å². The zero-order chi connectivity index (χ0) is 13.1. The molecule has 4 heteroatoms. The van der Waals surface area contributed by atoms with Gasteiger partial charge >= 0.3 is 0 Å². The second-order valence-electron chi connectivity index (χ2n) is 5.23. The molecule has 0 radical (unpaired) electrons. The molecule has 1 saturated heterocycles. The monoisotopic (exact) mass is 256 g/mol. The van der Waals surface area contributed by atoms with Crippen molar-refractivity contribution in [3.05, 3.63) is 48.5 Å². The molecule has 1 aromatic heterocycles. The highest BCUT2D eigenvalue weighted by Crippen LogP contribution is 2.12. The molecule has 0 bridgehead atoms. The van der Waals surface area contributed by atoms with Crippen LogP contribution in [0, 0.1) is 0 Å². The molecule has 0 spiro atoms. The minimum atomic E-state index is 0.596. The van der Waals surface area contributed by atoms with Gasteiger partial charge in [-0.3, -0.25) is 4.90 Å². The van der Waals surface area contributed by atoms with E-state index in [2.05, 4.69) is 46.4 Å². The molecule has 1 N–H and O–H groups in total. The third-order valence-corrected chi connectivity index (χ3v) is 3.60.